The second-order valence-electron chi connectivity index (χ2n) is 6.91. The summed E-state index contributed by atoms with van der Waals surface area (Å²) < 4.78 is 0. The number of hydrogen-bond donors (Lipinski definition) is 1. The fraction of sp³-hybridized carbons (Fsp3) is 1.00. The molecule has 1 saturated heterocycles. The molecule has 0 radical (unpaired) electrons. The molecule has 1 aliphatic heterocycles. The van der Waals surface area contributed by atoms with Crippen molar-refractivity contribution >= 4 is 0 Å². The van der Waals surface area contributed by atoms with Crippen molar-refractivity contribution < 1.29 is 0 Å². The van der Waals surface area contributed by atoms with Crippen LogP contribution in [0.25, 0.3) is 0 Å². The highest BCUT2D eigenvalue weighted by molar-refractivity contribution is 4.86. The van der Waals surface area contributed by atoms with E-state index in [-0.39, 0.29) is 0 Å². The maximum atomic E-state index is 3.77. The first kappa shape index (κ1) is 13.3. The highest BCUT2D eigenvalue weighted by atomic mass is 15.5. The molecule has 3 heteroatoms. The summed E-state index contributed by atoms with van der Waals surface area (Å²) in [5.41, 5.74) is 4.33. The van der Waals surface area contributed by atoms with Crippen molar-refractivity contribution in [2.75, 3.05) is 33.2 Å². The predicted octanol–water partition coefficient (Wildman–Crippen LogP) is 1.95. The van der Waals surface area contributed by atoms with Gasteiger partial charge in [-0.05, 0) is 37.6 Å². The maximum Gasteiger partial charge on any atom is 0.0259 e. The Morgan fingerprint density at radius 1 is 1.12 bits per heavy atom. The SMILES string of the molecule is CC1CC(C)(C)CCC1NN1CCN(C)CC1. The zero-order chi connectivity index (χ0) is 12.5. The van der Waals surface area contributed by atoms with Gasteiger partial charge in [0.15, 0.2) is 0 Å². The topological polar surface area (TPSA) is 18.5 Å². The van der Waals surface area contributed by atoms with Crippen LogP contribution in [-0.4, -0.2) is 49.2 Å². The summed E-state index contributed by atoms with van der Waals surface area (Å²) in [6.45, 7) is 12.0. The number of rotatable bonds is 2. The Morgan fingerprint density at radius 2 is 1.76 bits per heavy atom. The van der Waals surface area contributed by atoms with E-state index in [9.17, 15) is 0 Å². The van der Waals surface area contributed by atoms with Crippen LogP contribution in [0.15, 0.2) is 0 Å². The molecular weight excluding hydrogens is 210 g/mol. The minimum absolute atomic E-state index is 0.555. The third kappa shape index (κ3) is 3.67. The van der Waals surface area contributed by atoms with Crippen molar-refractivity contribution in [1.82, 2.24) is 15.3 Å². The second kappa shape index (κ2) is 5.25. The smallest absolute Gasteiger partial charge is 0.0259 e. The Balaban J connectivity index is 1.79. The molecule has 0 bridgehead atoms. The minimum Gasteiger partial charge on any atom is -0.304 e. The zero-order valence-corrected chi connectivity index (χ0v) is 12.0. The summed E-state index contributed by atoms with van der Waals surface area (Å²) in [7, 11) is 2.21. The zero-order valence-electron chi connectivity index (χ0n) is 12.0. The molecule has 2 unspecified atom stereocenters. The van der Waals surface area contributed by atoms with Gasteiger partial charge in [0.25, 0.3) is 0 Å². The van der Waals surface area contributed by atoms with Gasteiger partial charge in [-0.1, -0.05) is 20.8 Å². The lowest BCUT2D eigenvalue weighted by molar-refractivity contribution is 0.0443. The van der Waals surface area contributed by atoms with Crippen LogP contribution in [0.2, 0.25) is 0 Å². The van der Waals surface area contributed by atoms with Gasteiger partial charge in [-0.2, -0.15) is 0 Å². The van der Waals surface area contributed by atoms with E-state index >= 15 is 0 Å². The van der Waals surface area contributed by atoms with Crippen LogP contribution in [-0.2, 0) is 0 Å². The highest BCUT2D eigenvalue weighted by Crippen LogP contribution is 2.38. The van der Waals surface area contributed by atoms with Crippen LogP contribution in [0.4, 0.5) is 0 Å². The number of nitrogens with zero attached hydrogens (tertiary/aromatic N) is 2. The van der Waals surface area contributed by atoms with Crippen LogP contribution >= 0.6 is 0 Å². The van der Waals surface area contributed by atoms with Crippen LogP contribution < -0.4 is 5.43 Å². The summed E-state index contributed by atoms with van der Waals surface area (Å²) >= 11 is 0. The third-order valence-electron chi connectivity index (χ3n) is 4.55. The van der Waals surface area contributed by atoms with Gasteiger partial charge in [-0.25, -0.2) is 5.01 Å². The van der Waals surface area contributed by atoms with E-state index < -0.39 is 0 Å². The number of hydrogen-bond acceptors (Lipinski definition) is 3. The van der Waals surface area contributed by atoms with Gasteiger partial charge in [0.2, 0.25) is 0 Å². The molecule has 1 aliphatic carbocycles. The Kier molecular flexibility index (Phi) is 4.11. The Bertz CT molecular complexity index is 244. The lowest BCUT2D eigenvalue weighted by Crippen LogP contribution is -2.56. The summed E-state index contributed by atoms with van der Waals surface area (Å²) in [6, 6.07) is 0.700. The van der Waals surface area contributed by atoms with Gasteiger partial charge in [0.1, 0.15) is 0 Å². The van der Waals surface area contributed by atoms with Gasteiger partial charge < -0.3 is 4.90 Å². The molecule has 1 saturated carbocycles. The van der Waals surface area contributed by atoms with Crippen LogP contribution in [0.3, 0.4) is 0 Å². The van der Waals surface area contributed by atoms with E-state index in [2.05, 4.69) is 43.2 Å². The van der Waals surface area contributed by atoms with E-state index in [0.717, 1.165) is 5.92 Å². The predicted molar refractivity (Wildman–Crippen MR) is 72.8 cm³/mol. The average Bonchev–Trinajstić information content (AvgIpc) is 2.24. The van der Waals surface area contributed by atoms with Crippen LogP contribution in [0.5, 0.6) is 0 Å². The number of hydrazine groups is 1. The van der Waals surface area contributed by atoms with E-state index in [1.54, 1.807) is 0 Å². The van der Waals surface area contributed by atoms with Crippen LogP contribution in [0, 0.1) is 11.3 Å². The molecule has 0 aromatic heterocycles. The van der Waals surface area contributed by atoms with Gasteiger partial charge in [-0.3, -0.25) is 5.43 Å². The number of piperazine rings is 1. The summed E-state index contributed by atoms with van der Waals surface area (Å²) in [5.74, 6) is 0.804. The minimum atomic E-state index is 0.555. The molecule has 2 aliphatic rings. The lowest BCUT2D eigenvalue weighted by atomic mass is 9.71. The highest BCUT2D eigenvalue weighted by Gasteiger charge is 2.33. The van der Waals surface area contributed by atoms with E-state index in [1.165, 1.54) is 45.4 Å². The number of likely N-dealkylation sites (N-methyl/N-ethyl adjacent to an activating group) is 1. The second-order valence-corrected chi connectivity index (χ2v) is 6.91. The first-order valence-electron chi connectivity index (χ1n) is 7.16. The molecule has 1 N–H and O–H groups in total. The van der Waals surface area contributed by atoms with Gasteiger partial charge in [0.05, 0.1) is 0 Å². The van der Waals surface area contributed by atoms with Crippen molar-refractivity contribution in [2.24, 2.45) is 11.3 Å². The van der Waals surface area contributed by atoms with E-state index in [1.807, 2.05) is 0 Å². The van der Waals surface area contributed by atoms with Gasteiger partial charge in [-0.15, -0.1) is 0 Å². The number of nitrogens with one attached hydrogen (secondary N) is 1. The van der Waals surface area contributed by atoms with Crippen molar-refractivity contribution in [1.29, 1.82) is 0 Å². The monoisotopic (exact) mass is 239 g/mol. The summed E-state index contributed by atoms with van der Waals surface area (Å²) in [4.78, 5) is 2.41. The fourth-order valence-electron chi connectivity index (χ4n) is 3.31. The quantitative estimate of drug-likeness (QED) is 0.794. The first-order chi connectivity index (χ1) is 7.96. The van der Waals surface area contributed by atoms with Crippen LogP contribution in [0.1, 0.15) is 40.0 Å². The summed E-state index contributed by atoms with van der Waals surface area (Å²) in [6.07, 6.45) is 4.06. The molecule has 0 aromatic carbocycles. The Labute approximate surface area is 107 Å². The van der Waals surface area contributed by atoms with Crippen molar-refractivity contribution in [3.05, 3.63) is 0 Å². The fourth-order valence-corrected chi connectivity index (χ4v) is 3.31. The lowest BCUT2D eigenvalue weighted by Gasteiger charge is -2.43. The normalized spacial score (nSPS) is 36.0. The molecule has 17 heavy (non-hydrogen) atoms. The molecule has 0 aromatic rings. The van der Waals surface area contributed by atoms with Crippen molar-refractivity contribution in [3.8, 4) is 0 Å². The van der Waals surface area contributed by atoms with E-state index in [4.69, 9.17) is 0 Å². The molecule has 0 amide bonds. The van der Waals surface area contributed by atoms with Gasteiger partial charge in [0, 0.05) is 32.2 Å². The molecule has 2 fully saturated rings. The molecule has 0 spiro atoms. The molecule has 100 valence electrons. The maximum absolute atomic E-state index is 3.77. The molecule has 3 nitrogen and oxygen atoms in total. The molecular formula is C14H29N3. The molecule has 2 rings (SSSR count). The summed E-state index contributed by atoms with van der Waals surface area (Å²) in [5, 5.41) is 2.44. The van der Waals surface area contributed by atoms with Gasteiger partial charge >= 0.3 is 0 Å². The Hall–Kier alpha value is -0.120. The Morgan fingerprint density at radius 3 is 2.35 bits per heavy atom. The van der Waals surface area contributed by atoms with Crippen molar-refractivity contribution in [3.63, 3.8) is 0 Å². The standard InChI is InChI=1S/C14H29N3/c1-12-11-14(2,3)6-5-13(12)15-17-9-7-16(4)8-10-17/h12-13,15H,5-11H2,1-4H3. The first-order valence-corrected chi connectivity index (χ1v) is 7.16. The van der Waals surface area contributed by atoms with Crippen molar-refractivity contribution in [2.45, 2.75) is 46.1 Å². The average molecular weight is 239 g/mol. The molecule has 1 heterocycles. The third-order valence-corrected chi connectivity index (χ3v) is 4.55. The van der Waals surface area contributed by atoms with E-state index in [0.29, 0.717) is 11.5 Å². The largest absolute Gasteiger partial charge is 0.304 e. The molecule has 2 atom stereocenters.